The molecule has 1 atom stereocenters. The van der Waals surface area contributed by atoms with Crippen molar-refractivity contribution in [2.24, 2.45) is 0 Å². The molecule has 0 saturated carbocycles. The van der Waals surface area contributed by atoms with Gasteiger partial charge in [-0.2, -0.15) is 0 Å². The zero-order valence-electron chi connectivity index (χ0n) is 16.5. The van der Waals surface area contributed by atoms with Crippen molar-refractivity contribution >= 4 is 34.8 Å². The predicted octanol–water partition coefficient (Wildman–Crippen LogP) is 3.87. The minimum atomic E-state index is -0.0939. The van der Waals surface area contributed by atoms with Crippen molar-refractivity contribution in [1.82, 2.24) is 20.3 Å². The average molecular weight is 444 g/mol. The number of nitrogens with one attached hydrogen (secondary N) is 1. The Morgan fingerprint density at radius 3 is 2.83 bits per heavy atom. The van der Waals surface area contributed by atoms with Crippen LogP contribution in [0, 0.1) is 6.92 Å². The molecular weight excluding hydrogens is 422 g/mol. The summed E-state index contributed by atoms with van der Waals surface area (Å²) in [4.78, 5) is 28.7. The van der Waals surface area contributed by atoms with Crippen LogP contribution in [0.15, 0.2) is 42.7 Å². The minimum Gasteiger partial charge on any atom is -0.486 e. The van der Waals surface area contributed by atoms with Crippen molar-refractivity contribution in [3.8, 4) is 5.75 Å². The number of carbonyl (C=O) groups is 1. The first-order valence-electron chi connectivity index (χ1n) is 9.76. The van der Waals surface area contributed by atoms with E-state index in [0.29, 0.717) is 40.4 Å². The van der Waals surface area contributed by atoms with Gasteiger partial charge in [-0.05, 0) is 50.1 Å². The second-order valence-corrected chi connectivity index (χ2v) is 8.59. The van der Waals surface area contributed by atoms with Gasteiger partial charge in [0, 0.05) is 36.5 Å². The molecule has 7 nitrogen and oxygen atoms in total. The Labute approximate surface area is 184 Å². The van der Waals surface area contributed by atoms with E-state index >= 15 is 0 Å². The third-order valence-electron chi connectivity index (χ3n) is 4.81. The molecule has 0 spiro atoms. The first-order valence-corrected chi connectivity index (χ1v) is 11.0. The van der Waals surface area contributed by atoms with Crippen LogP contribution >= 0.6 is 22.9 Å². The summed E-state index contributed by atoms with van der Waals surface area (Å²) < 4.78 is 5.75. The number of anilines is 1. The summed E-state index contributed by atoms with van der Waals surface area (Å²) in [6.07, 6.45) is 5.38. The molecule has 1 N–H and O–H groups in total. The number of amides is 1. The molecule has 0 aliphatic carbocycles. The van der Waals surface area contributed by atoms with Crippen molar-refractivity contribution in [3.05, 3.63) is 63.3 Å². The minimum absolute atomic E-state index is 0.0466. The van der Waals surface area contributed by atoms with Crippen LogP contribution < -0.4 is 15.0 Å². The summed E-state index contributed by atoms with van der Waals surface area (Å²) in [7, 11) is 0. The summed E-state index contributed by atoms with van der Waals surface area (Å²) in [5.41, 5.74) is 0.714. The molecule has 1 fully saturated rings. The number of rotatable bonds is 6. The largest absolute Gasteiger partial charge is 0.486 e. The fourth-order valence-electron chi connectivity index (χ4n) is 3.38. The monoisotopic (exact) mass is 443 g/mol. The predicted molar refractivity (Wildman–Crippen MR) is 117 cm³/mol. The number of benzene rings is 1. The molecule has 0 radical (unpaired) electrons. The number of piperidine rings is 1. The lowest BCUT2D eigenvalue weighted by Crippen LogP contribution is -2.48. The van der Waals surface area contributed by atoms with Gasteiger partial charge in [0.25, 0.3) is 5.91 Å². The van der Waals surface area contributed by atoms with Crippen molar-refractivity contribution in [2.45, 2.75) is 32.4 Å². The molecule has 30 heavy (non-hydrogen) atoms. The standard InChI is InChI=1S/C21H22ClN5O2S/c1-14-19(30-18(25-14)13-29-17-7-5-15(22)6-8-17)20(28)26-16-4-2-11-27(12-16)21-23-9-3-10-24-21/h3,5-10,16H,2,4,11-13H2,1H3,(H,26,28). The van der Waals surface area contributed by atoms with Crippen LogP contribution in [0.2, 0.25) is 5.02 Å². The molecule has 3 aromatic rings. The third kappa shape index (κ3) is 5.06. The zero-order valence-corrected chi connectivity index (χ0v) is 18.1. The molecular formula is C21H22ClN5O2S. The van der Waals surface area contributed by atoms with E-state index in [1.54, 1.807) is 30.6 Å². The van der Waals surface area contributed by atoms with Crippen LogP contribution in [0.3, 0.4) is 0 Å². The van der Waals surface area contributed by atoms with Crippen molar-refractivity contribution in [3.63, 3.8) is 0 Å². The lowest BCUT2D eigenvalue weighted by molar-refractivity contribution is 0.0936. The first kappa shape index (κ1) is 20.6. The Morgan fingerprint density at radius 2 is 2.07 bits per heavy atom. The van der Waals surface area contributed by atoms with Gasteiger partial charge in [0.1, 0.15) is 22.2 Å². The number of aryl methyl sites for hydroxylation is 1. The number of carbonyl (C=O) groups excluding carboxylic acids is 1. The van der Waals surface area contributed by atoms with Crippen LogP contribution in [0.25, 0.3) is 0 Å². The van der Waals surface area contributed by atoms with E-state index in [4.69, 9.17) is 16.3 Å². The Hall–Kier alpha value is -2.71. The molecule has 3 heterocycles. The van der Waals surface area contributed by atoms with Gasteiger partial charge < -0.3 is 15.0 Å². The number of thiazole rings is 1. The highest BCUT2D eigenvalue weighted by Gasteiger charge is 2.25. The number of hydrogen-bond donors (Lipinski definition) is 1. The maximum atomic E-state index is 12.9. The Kier molecular flexibility index (Phi) is 6.44. The fraction of sp³-hybridized carbons (Fsp3) is 0.333. The highest BCUT2D eigenvalue weighted by atomic mass is 35.5. The van der Waals surface area contributed by atoms with E-state index in [1.165, 1.54) is 11.3 Å². The summed E-state index contributed by atoms with van der Waals surface area (Å²) in [5.74, 6) is 1.32. The molecule has 0 bridgehead atoms. The third-order valence-corrected chi connectivity index (χ3v) is 6.20. The SMILES string of the molecule is Cc1nc(COc2ccc(Cl)cc2)sc1C(=O)NC1CCCN(c2ncccn2)C1. The highest BCUT2D eigenvalue weighted by Crippen LogP contribution is 2.22. The Balaban J connectivity index is 1.35. The number of hydrogen-bond acceptors (Lipinski definition) is 7. The van der Waals surface area contributed by atoms with Gasteiger partial charge in [0.05, 0.1) is 5.69 Å². The van der Waals surface area contributed by atoms with Gasteiger partial charge in [-0.1, -0.05) is 11.6 Å². The molecule has 1 aromatic carbocycles. The molecule has 4 rings (SSSR count). The van der Waals surface area contributed by atoms with Gasteiger partial charge >= 0.3 is 0 Å². The second-order valence-electron chi connectivity index (χ2n) is 7.07. The van der Waals surface area contributed by atoms with Gasteiger partial charge in [-0.25, -0.2) is 15.0 Å². The van der Waals surface area contributed by atoms with E-state index in [-0.39, 0.29) is 11.9 Å². The maximum absolute atomic E-state index is 12.9. The summed E-state index contributed by atoms with van der Waals surface area (Å²) in [6, 6.07) is 9.01. The van der Waals surface area contributed by atoms with Crippen molar-refractivity contribution in [1.29, 1.82) is 0 Å². The Bertz CT molecular complexity index is 996. The van der Waals surface area contributed by atoms with E-state index in [9.17, 15) is 4.79 Å². The molecule has 1 aliphatic rings. The van der Waals surface area contributed by atoms with Crippen LogP contribution in [0.1, 0.15) is 33.2 Å². The van der Waals surface area contributed by atoms with Gasteiger partial charge in [0.2, 0.25) is 5.95 Å². The zero-order chi connectivity index (χ0) is 20.9. The van der Waals surface area contributed by atoms with E-state index in [1.807, 2.05) is 19.1 Å². The van der Waals surface area contributed by atoms with Crippen molar-refractivity contribution in [2.75, 3.05) is 18.0 Å². The molecule has 1 unspecified atom stereocenters. The molecule has 1 saturated heterocycles. The fourth-order valence-corrected chi connectivity index (χ4v) is 4.39. The highest BCUT2D eigenvalue weighted by molar-refractivity contribution is 7.13. The molecule has 1 aliphatic heterocycles. The summed E-state index contributed by atoms with van der Waals surface area (Å²) in [6.45, 7) is 3.74. The quantitative estimate of drug-likeness (QED) is 0.622. The van der Waals surface area contributed by atoms with Crippen LogP contribution in [-0.4, -0.2) is 40.0 Å². The van der Waals surface area contributed by atoms with Crippen molar-refractivity contribution < 1.29 is 9.53 Å². The van der Waals surface area contributed by atoms with E-state index in [0.717, 1.165) is 24.4 Å². The van der Waals surface area contributed by atoms with Crippen LogP contribution in [-0.2, 0) is 6.61 Å². The summed E-state index contributed by atoms with van der Waals surface area (Å²) >= 11 is 7.25. The number of ether oxygens (including phenoxy) is 1. The van der Waals surface area contributed by atoms with Crippen LogP contribution in [0.5, 0.6) is 5.75 Å². The van der Waals surface area contributed by atoms with Gasteiger partial charge in [-0.3, -0.25) is 4.79 Å². The smallest absolute Gasteiger partial charge is 0.263 e. The number of nitrogens with zero attached hydrogens (tertiary/aromatic N) is 4. The lowest BCUT2D eigenvalue weighted by Gasteiger charge is -2.33. The normalized spacial score (nSPS) is 16.3. The summed E-state index contributed by atoms with van der Waals surface area (Å²) in [5, 5.41) is 4.57. The molecule has 156 valence electrons. The topological polar surface area (TPSA) is 80.2 Å². The first-order chi connectivity index (χ1) is 14.6. The molecule has 2 aromatic heterocycles. The molecule has 1 amide bonds. The lowest BCUT2D eigenvalue weighted by atomic mass is 10.1. The number of aromatic nitrogens is 3. The Morgan fingerprint density at radius 1 is 1.30 bits per heavy atom. The number of halogens is 1. The van der Waals surface area contributed by atoms with E-state index in [2.05, 4.69) is 25.2 Å². The van der Waals surface area contributed by atoms with E-state index < -0.39 is 0 Å². The maximum Gasteiger partial charge on any atom is 0.263 e. The molecule has 9 heteroatoms. The second kappa shape index (κ2) is 9.40. The van der Waals surface area contributed by atoms with Gasteiger partial charge in [0.15, 0.2) is 0 Å². The van der Waals surface area contributed by atoms with Gasteiger partial charge in [-0.15, -0.1) is 11.3 Å². The van der Waals surface area contributed by atoms with Crippen LogP contribution in [0.4, 0.5) is 5.95 Å². The average Bonchev–Trinajstić information content (AvgIpc) is 3.15.